The molecule has 0 aromatic carbocycles. The van der Waals surface area contributed by atoms with Crippen LogP contribution in [0.2, 0.25) is 0 Å². The number of aliphatic hydroxyl groups is 1. The van der Waals surface area contributed by atoms with Gasteiger partial charge in [-0.25, -0.2) is 0 Å². The van der Waals surface area contributed by atoms with Gasteiger partial charge in [-0.05, 0) is 19.8 Å². The molecule has 4 heteroatoms. The fraction of sp³-hybridized carbons (Fsp3) is 0.909. The topological polar surface area (TPSA) is 49.8 Å². The summed E-state index contributed by atoms with van der Waals surface area (Å²) in [7, 11) is 1.74. The molecule has 1 heterocycles. The van der Waals surface area contributed by atoms with E-state index in [9.17, 15) is 9.90 Å². The summed E-state index contributed by atoms with van der Waals surface area (Å²) in [6.45, 7) is 4.79. The molecule has 3 unspecified atom stereocenters. The molecule has 1 aliphatic heterocycles. The normalized spacial score (nSPS) is 27.7. The van der Waals surface area contributed by atoms with Gasteiger partial charge in [0.25, 0.3) is 0 Å². The maximum Gasteiger partial charge on any atom is 0.228 e. The minimum absolute atomic E-state index is 0.0150. The van der Waals surface area contributed by atoms with Crippen LogP contribution in [0.5, 0.6) is 0 Å². The summed E-state index contributed by atoms with van der Waals surface area (Å²) in [6, 6.07) is 0. The van der Waals surface area contributed by atoms with Crippen LogP contribution in [0.15, 0.2) is 0 Å². The molecule has 1 rings (SSSR count). The monoisotopic (exact) mass is 215 g/mol. The highest BCUT2D eigenvalue weighted by Gasteiger charge is 2.34. The van der Waals surface area contributed by atoms with Crippen molar-refractivity contribution >= 4 is 5.91 Å². The fourth-order valence-electron chi connectivity index (χ4n) is 2.10. The highest BCUT2D eigenvalue weighted by atomic mass is 16.5. The lowest BCUT2D eigenvalue weighted by Crippen LogP contribution is -2.39. The third kappa shape index (κ3) is 3.18. The van der Waals surface area contributed by atoms with Crippen LogP contribution in [0, 0.1) is 5.92 Å². The van der Waals surface area contributed by atoms with Gasteiger partial charge in [0.2, 0.25) is 5.91 Å². The van der Waals surface area contributed by atoms with E-state index in [0.29, 0.717) is 13.2 Å². The van der Waals surface area contributed by atoms with E-state index in [2.05, 4.69) is 0 Å². The minimum Gasteiger partial charge on any atom is -0.392 e. The van der Waals surface area contributed by atoms with E-state index in [1.165, 1.54) is 0 Å². The van der Waals surface area contributed by atoms with Gasteiger partial charge in [0, 0.05) is 20.2 Å². The molecule has 15 heavy (non-hydrogen) atoms. The van der Waals surface area contributed by atoms with E-state index in [0.717, 1.165) is 12.8 Å². The van der Waals surface area contributed by atoms with Crippen LogP contribution in [0.1, 0.15) is 26.7 Å². The Hall–Kier alpha value is -0.610. The lowest BCUT2D eigenvalue weighted by atomic mass is 9.98. The van der Waals surface area contributed by atoms with E-state index >= 15 is 0 Å². The van der Waals surface area contributed by atoms with Crippen molar-refractivity contribution in [3.05, 3.63) is 0 Å². The first kappa shape index (κ1) is 12.5. The number of amides is 1. The zero-order valence-electron chi connectivity index (χ0n) is 9.77. The Morgan fingerprint density at radius 1 is 1.67 bits per heavy atom. The molecule has 3 atom stereocenters. The number of carbonyl (C=O) groups excluding carboxylic acids is 1. The third-order valence-corrected chi connectivity index (χ3v) is 2.84. The van der Waals surface area contributed by atoms with Crippen molar-refractivity contribution in [3.63, 3.8) is 0 Å². The molecule has 0 aromatic rings. The molecule has 0 spiro atoms. The van der Waals surface area contributed by atoms with Crippen LogP contribution in [0.3, 0.4) is 0 Å². The summed E-state index contributed by atoms with van der Waals surface area (Å²) in [4.78, 5) is 13.6. The first-order valence-corrected chi connectivity index (χ1v) is 5.60. The number of likely N-dealkylation sites (N-methyl/N-ethyl adjacent to an activating group) is 1. The van der Waals surface area contributed by atoms with Gasteiger partial charge in [-0.2, -0.15) is 0 Å². The second-order valence-electron chi connectivity index (χ2n) is 4.28. The number of rotatable bonds is 4. The Morgan fingerprint density at radius 2 is 2.33 bits per heavy atom. The number of carbonyl (C=O) groups is 1. The molecule has 1 fully saturated rings. The SMILES string of the molecule is CCC1OCCC1C(=O)N(C)CC(C)O. The molecule has 88 valence electrons. The predicted molar refractivity (Wildman–Crippen MR) is 57.5 cm³/mol. The van der Waals surface area contributed by atoms with Crippen molar-refractivity contribution in [2.24, 2.45) is 5.92 Å². The maximum absolute atomic E-state index is 12.0. The van der Waals surface area contributed by atoms with Crippen LogP contribution >= 0.6 is 0 Å². The van der Waals surface area contributed by atoms with E-state index in [1.54, 1.807) is 18.9 Å². The number of aliphatic hydroxyl groups excluding tert-OH is 1. The molecule has 0 aromatic heterocycles. The van der Waals surface area contributed by atoms with Crippen molar-refractivity contribution in [2.45, 2.75) is 38.9 Å². The van der Waals surface area contributed by atoms with Crippen molar-refractivity contribution in [2.75, 3.05) is 20.2 Å². The first-order valence-electron chi connectivity index (χ1n) is 5.60. The lowest BCUT2D eigenvalue weighted by Gasteiger charge is -2.24. The largest absolute Gasteiger partial charge is 0.392 e. The number of ether oxygens (including phenoxy) is 1. The van der Waals surface area contributed by atoms with Crippen molar-refractivity contribution < 1.29 is 14.6 Å². The van der Waals surface area contributed by atoms with Gasteiger partial charge in [-0.1, -0.05) is 6.92 Å². The minimum atomic E-state index is -0.471. The number of hydrogen-bond acceptors (Lipinski definition) is 3. The highest BCUT2D eigenvalue weighted by Crippen LogP contribution is 2.24. The Morgan fingerprint density at radius 3 is 2.87 bits per heavy atom. The fourth-order valence-corrected chi connectivity index (χ4v) is 2.10. The smallest absolute Gasteiger partial charge is 0.228 e. The van der Waals surface area contributed by atoms with Gasteiger partial charge in [0.1, 0.15) is 0 Å². The molecule has 1 amide bonds. The average Bonchev–Trinajstić information content (AvgIpc) is 2.62. The molecule has 1 N–H and O–H groups in total. The van der Waals surface area contributed by atoms with E-state index in [4.69, 9.17) is 4.74 Å². The molecule has 0 radical (unpaired) electrons. The quantitative estimate of drug-likeness (QED) is 0.748. The molecular weight excluding hydrogens is 194 g/mol. The molecule has 1 aliphatic rings. The van der Waals surface area contributed by atoms with Gasteiger partial charge in [-0.3, -0.25) is 4.79 Å². The molecule has 4 nitrogen and oxygen atoms in total. The second kappa shape index (κ2) is 5.47. The second-order valence-corrected chi connectivity index (χ2v) is 4.28. The molecule has 1 saturated heterocycles. The van der Waals surface area contributed by atoms with Gasteiger partial charge in [-0.15, -0.1) is 0 Å². The average molecular weight is 215 g/mol. The van der Waals surface area contributed by atoms with Crippen LogP contribution < -0.4 is 0 Å². The Labute approximate surface area is 91.2 Å². The Balaban J connectivity index is 2.51. The van der Waals surface area contributed by atoms with Gasteiger partial charge >= 0.3 is 0 Å². The summed E-state index contributed by atoms with van der Waals surface area (Å²) < 4.78 is 5.48. The van der Waals surface area contributed by atoms with Gasteiger partial charge < -0.3 is 14.7 Å². The third-order valence-electron chi connectivity index (χ3n) is 2.84. The summed E-state index contributed by atoms with van der Waals surface area (Å²) in [5, 5.41) is 9.21. The van der Waals surface area contributed by atoms with Gasteiger partial charge in [0.15, 0.2) is 0 Å². The number of nitrogens with zero attached hydrogens (tertiary/aromatic N) is 1. The molecular formula is C11H21NO3. The van der Waals surface area contributed by atoms with E-state index in [-0.39, 0.29) is 17.9 Å². The van der Waals surface area contributed by atoms with E-state index in [1.807, 2.05) is 6.92 Å². The zero-order valence-corrected chi connectivity index (χ0v) is 9.77. The summed E-state index contributed by atoms with van der Waals surface area (Å²) in [5.74, 6) is 0.0824. The summed E-state index contributed by atoms with van der Waals surface area (Å²) in [5.41, 5.74) is 0. The molecule has 0 saturated carbocycles. The standard InChI is InChI=1S/C11H21NO3/c1-4-10-9(5-6-15-10)11(14)12(3)7-8(2)13/h8-10,13H,4-7H2,1-3H3. The lowest BCUT2D eigenvalue weighted by molar-refractivity contribution is -0.137. The van der Waals surface area contributed by atoms with Crippen molar-refractivity contribution in [1.82, 2.24) is 4.90 Å². The Bertz CT molecular complexity index is 218. The van der Waals surface area contributed by atoms with Crippen LogP contribution in [-0.2, 0) is 9.53 Å². The van der Waals surface area contributed by atoms with E-state index < -0.39 is 6.10 Å². The number of hydrogen-bond donors (Lipinski definition) is 1. The van der Waals surface area contributed by atoms with Crippen LogP contribution in [0.4, 0.5) is 0 Å². The molecule has 0 aliphatic carbocycles. The maximum atomic E-state index is 12.0. The first-order chi connectivity index (χ1) is 7.06. The van der Waals surface area contributed by atoms with Crippen molar-refractivity contribution in [3.8, 4) is 0 Å². The van der Waals surface area contributed by atoms with Gasteiger partial charge in [0.05, 0.1) is 18.1 Å². The van der Waals surface area contributed by atoms with Crippen LogP contribution in [-0.4, -0.2) is 48.3 Å². The molecule has 0 bridgehead atoms. The van der Waals surface area contributed by atoms with Crippen LogP contribution in [0.25, 0.3) is 0 Å². The highest BCUT2D eigenvalue weighted by molar-refractivity contribution is 5.79. The van der Waals surface area contributed by atoms with Crippen molar-refractivity contribution in [1.29, 1.82) is 0 Å². The Kier molecular flexibility index (Phi) is 4.54. The predicted octanol–water partition coefficient (Wildman–Crippen LogP) is 0.641. The summed E-state index contributed by atoms with van der Waals surface area (Å²) in [6.07, 6.45) is 1.27. The zero-order chi connectivity index (χ0) is 11.4. The summed E-state index contributed by atoms with van der Waals surface area (Å²) >= 11 is 0.